The second-order valence-corrected chi connectivity index (χ2v) is 7.36. The fourth-order valence-electron chi connectivity index (χ4n) is 2.06. The minimum atomic E-state index is 0.104. The normalized spacial score (nSPS) is 12.3. The van der Waals surface area contributed by atoms with Crippen LogP contribution in [0.4, 0.5) is 0 Å². The molecule has 0 saturated heterocycles. The summed E-state index contributed by atoms with van der Waals surface area (Å²) in [7, 11) is 0. The summed E-state index contributed by atoms with van der Waals surface area (Å²) in [5.41, 5.74) is 2.13. The Morgan fingerprint density at radius 2 is 1.86 bits per heavy atom. The van der Waals surface area contributed by atoms with E-state index >= 15 is 0 Å². The van der Waals surface area contributed by atoms with E-state index in [2.05, 4.69) is 45.2 Å². The Bertz CT molecular complexity index is 770. The van der Waals surface area contributed by atoms with Crippen LogP contribution < -0.4 is 0 Å². The summed E-state index contributed by atoms with van der Waals surface area (Å²) in [5.74, 6) is 1.21. The van der Waals surface area contributed by atoms with Gasteiger partial charge in [0.1, 0.15) is 0 Å². The van der Waals surface area contributed by atoms with Gasteiger partial charge in [-0.15, -0.1) is 22.0 Å². The van der Waals surface area contributed by atoms with Gasteiger partial charge in [-0.05, 0) is 50.2 Å². The molecule has 3 aromatic rings. The van der Waals surface area contributed by atoms with Gasteiger partial charge in [-0.3, -0.25) is 0 Å². The van der Waals surface area contributed by atoms with Gasteiger partial charge in [-0.25, -0.2) is 0 Å². The molecule has 0 aliphatic heterocycles. The van der Waals surface area contributed by atoms with Crippen molar-refractivity contribution in [2.24, 2.45) is 0 Å². The molecule has 0 amide bonds. The maximum atomic E-state index is 5.83. The summed E-state index contributed by atoms with van der Waals surface area (Å²) >= 11 is 5.14. The molecule has 2 aromatic carbocycles. The lowest BCUT2D eigenvalue weighted by molar-refractivity contribution is 0.509. The molecule has 0 unspecified atom stereocenters. The number of hydrogen-bond acceptors (Lipinski definition) is 4. The highest BCUT2D eigenvalue weighted by Crippen LogP contribution is 2.35. The third-order valence-electron chi connectivity index (χ3n) is 3.18. The van der Waals surface area contributed by atoms with Crippen molar-refractivity contribution in [1.29, 1.82) is 0 Å². The lowest BCUT2D eigenvalue weighted by atomic mass is 10.1. The number of aryl methyl sites for hydroxylation is 1. The van der Waals surface area contributed by atoms with Crippen LogP contribution in [-0.4, -0.2) is 10.2 Å². The molecule has 0 radical (unpaired) electrons. The van der Waals surface area contributed by atoms with E-state index in [9.17, 15) is 0 Å². The Morgan fingerprint density at radius 1 is 1.09 bits per heavy atom. The van der Waals surface area contributed by atoms with Gasteiger partial charge in [-0.2, -0.15) is 0 Å². The fourth-order valence-corrected chi connectivity index (χ4v) is 3.22. The lowest BCUT2D eigenvalue weighted by Crippen LogP contribution is -1.88. The number of aromatic nitrogens is 2. The van der Waals surface area contributed by atoms with Crippen LogP contribution in [0.3, 0.4) is 0 Å². The molecule has 5 heteroatoms. The number of halogens is 1. The van der Waals surface area contributed by atoms with Crippen LogP contribution in [0.2, 0.25) is 0 Å². The highest BCUT2D eigenvalue weighted by Gasteiger charge is 2.16. The average Bonchev–Trinajstić information content (AvgIpc) is 3.00. The third kappa shape index (κ3) is 3.59. The SMILES string of the molecule is Cc1cccc(-c2nnc([C@H](C)Sc3ccc(Br)cc3)o2)c1. The molecule has 1 aromatic heterocycles. The maximum absolute atomic E-state index is 5.83. The molecule has 1 atom stereocenters. The molecule has 0 fully saturated rings. The second-order valence-electron chi connectivity index (χ2n) is 5.03. The summed E-state index contributed by atoms with van der Waals surface area (Å²) in [6, 6.07) is 16.3. The molecular formula is C17H15BrN2OS. The van der Waals surface area contributed by atoms with Gasteiger partial charge in [0.05, 0.1) is 5.25 Å². The Morgan fingerprint density at radius 3 is 2.59 bits per heavy atom. The molecule has 3 rings (SSSR count). The largest absolute Gasteiger partial charge is 0.419 e. The Hall–Kier alpha value is -1.59. The summed E-state index contributed by atoms with van der Waals surface area (Å²) < 4.78 is 6.90. The highest BCUT2D eigenvalue weighted by atomic mass is 79.9. The van der Waals surface area contributed by atoms with Crippen molar-refractivity contribution in [2.75, 3.05) is 0 Å². The van der Waals surface area contributed by atoms with Crippen molar-refractivity contribution in [3.05, 3.63) is 64.5 Å². The van der Waals surface area contributed by atoms with Crippen LogP contribution in [0.1, 0.15) is 23.6 Å². The van der Waals surface area contributed by atoms with Crippen molar-refractivity contribution in [3.63, 3.8) is 0 Å². The first-order chi connectivity index (χ1) is 10.6. The topological polar surface area (TPSA) is 38.9 Å². The van der Waals surface area contributed by atoms with Gasteiger partial charge in [0, 0.05) is 14.9 Å². The lowest BCUT2D eigenvalue weighted by Gasteiger charge is -2.06. The number of benzene rings is 2. The summed E-state index contributed by atoms with van der Waals surface area (Å²) in [6.45, 7) is 4.12. The van der Waals surface area contributed by atoms with Gasteiger partial charge >= 0.3 is 0 Å². The second kappa shape index (κ2) is 6.67. The molecule has 1 heterocycles. The van der Waals surface area contributed by atoms with Gasteiger partial charge < -0.3 is 4.42 Å². The van der Waals surface area contributed by atoms with Crippen LogP contribution in [0.25, 0.3) is 11.5 Å². The first-order valence-electron chi connectivity index (χ1n) is 6.94. The Balaban J connectivity index is 1.76. The number of hydrogen-bond donors (Lipinski definition) is 0. The van der Waals surface area contributed by atoms with Crippen LogP contribution >= 0.6 is 27.7 Å². The summed E-state index contributed by atoms with van der Waals surface area (Å²) in [4.78, 5) is 1.17. The van der Waals surface area contributed by atoms with Crippen molar-refractivity contribution in [1.82, 2.24) is 10.2 Å². The maximum Gasteiger partial charge on any atom is 0.247 e. The fraction of sp³-hybridized carbons (Fsp3) is 0.176. The van der Waals surface area contributed by atoms with E-state index in [1.807, 2.05) is 43.3 Å². The molecule has 22 heavy (non-hydrogen) atoms. The zero-order chi connectivity index (χ0) is 15.5. The minimum absolute atomic E-state index is 0.104. The van der Waals surface area contributed by atoms with Gasteiger partial charge in [0.15, 0.2) is 0 Å². The van der Waals surface area contributed by atoms with E-state index < -0.39 is 0 Å². The number of nitrogens with zero attached hydrogens (tertiary/aromatic N) is 2. The Kier molecular flexibility index (Phi) is 4.64. The standard InChI is InChI=1S/C17H15BrN2OS/c1-11-4-3-5-13(10-11)17-20-19-16(21-17)12(2)22-15-8-6-14(18)7-9-15/h3-10,12H,1-2H3/t12-/m0/s1. The van der Waals surface area contributed by atoms with Crippen LogP contribution in [0.15, 0.2) is 62.3 Å². The van der Waals surface area contributed by atoms with Crippen molar-refractivity contribution < 1.29 is 4.42 Å². The predicted octanol–water partition coefficient (Wildman–Crippen LogP) is 5.66. The van der Waals surface area contributed by atoms with Crippen molar-refractivity contribution in [2.45, 2.75) is 24.0 Å². The Labute approximate surface area is 142 Å². The minimum Gasteiger partial charge on any atom is -0.419 e. The number of thioether (sulfide) groups is 1. The summed E-state index contributed by atoms with van der Waals surface area (Å²) in [5, 5.41) is 8.46. The predicted molar refractivity (Wildman–Crippen MR) is 92.9 cm³/mol. The number of rotatable bonds is 4. The molecule has 0 bridgehead atoms. The first kappa shape index (κ1) is 15.3. The monoisotopic (exact) mass is 374 g/mol. The molecule has 0 N–H and O–H groups in total. The van der Waals surface area contributed by atoms with Crippen molar-refractivity contribution in [3.8, 4) is 11.5 Å². The molecule has 3 nitrogen and oxygen atoms in total. The van der Waals surface area contributed by atoms with E-state index in [1.165, 1.54) is 10.5 Å². The zero-order valence-corrected chi connectivity index (χ0v) is 14.7. The van der Waals surface area contributed by atoms with Crippen LogP contribution in [-0.2, 0) is 0 Å². The molecule has 0 aliphatic rings. The first-order valence-corrected chi connectivity index (χ1v) is 8.62. The van der Waals surface area contributed by atoms with Crippen molar-refractivity contribution >= 4 is 27.7 Å². The van der Waals surface area contributed by atoms with E-state index in [0.717, 1.165) is 10.0 Å². The molecule has 112 valence electrons. The average molecular weight is 375 g/mol. The van der Waals surface area contributed by atoms with Gasteiger partial charge in [-0.1, -0.05) is 33.6 Å². The van der Waals surface area contributed by atoms with E-state index in [4.69, 9.17) is 4.42 Å². The van der Waals surface area contributed by atoms with E-state index in [0.29, 0.717) is 11.8 Å². The third-order valence-corrected chi connectivity index (χ3v) is 4.81. The highest BCUT2D eigenvalue weighted by molar-refractivity contribution is 9.10. The van der Waals surface area contributed by atoms with Gasteiger partial charge in [0.2, 0.25) is 11.8 Å². The van der Waals surface area contributed by atoms with Crippen LogP contribution in [0.5, 0.6) is 0 Å². The smallest absolute Gasteiger partial charge is 0.247 e. The molecular weight excluding hydrogens is 360 g/mol. The van der Waals surface area contributed by atoms with Gasteiger partial charge in [0.25, 0.3) is 0 Å². The quantitative estimate of drug-likeness (QED) is 0.552. The van der Waals surface area contributed by atoms with E-state index in [1.54, 1.807) is 11.8 Å². The zero-order valence-electron chi connectivity index (χ0n) is 12.3. The molecule has 0 aliphatic carbocycles. The van der Waals surface area contributed by atoms with E-state index in [-0.39, 0.29) is 5.25 Å². The summed E-state index contributed by atoms with van der Waals surface area (Å²) in [6.07, 6.45) is 0. The van der Waals surface area contributed by atoms with Crippen LogP contribution in [0, 0.1) is 6.92 Å². The molecule has 0 saturated carbocycles. The molecule has 0 spiro atoms.